The molecule has 6 heteroatoms. The molecule has 20 heavy (non-hydrogen) atoms. The van der Waals surface area contributed by atoms with Crippen molar-refractivity contribution in [2.45, 2.75) is 0 Å². The van der Waals surface area contributed by atoms with Gasteiger partial charge in [-0.2, -0.15) is 0 Å². The van der Waals surface area contributed by atoms with Gasteiger partial charge in [-0.05, 0) is 36.4 Å². The predicted octanol–water partition coefficient (Wildman–Crippen LogP) is 2.55. The van der Waals surface area contributed by atoms with Crippen molar-refractivity contribution in [3.05, 3.63) is 52.5 Å². The molecule has 100 valence electrons. The number of nitrogens with two attached hydrogens (primary N) is 1. The van der Waals surface area contributed by atoms with E-state index in [-0.39, 0.29) is 5.91 Å². The fourth-order valence-electron chi connectivity index (χ4n) is 2.05. The number of carbonyl (C=O) groups excluding carboxylic acids is 2. The maximum Gasteiger partial charge on any atom is 0.259 e. The van der Waals surface area contributed by atoms with Crippen LogP contribution in [0.25, 0.3) is 0 Å². The van der Waals surface area contributed by atoms with Crippen molar-refractivity contribution in [2.75, 3.05) is 11.1 Å². The molecule has 2 aromatic carbocycles. The normalized spacial score (nSPS) is 13.1. The Morgan fingerprint density at radius 3 is 2.50 bits per heavy atom. The highest BCUT2D eigenvalue weighted by Gasteiger charge is 2.26. The monoisotopic (exact) mass is 287 g/mol. The number of halogens is 1. The number of amides is 2. The van der Waals surface area contributed by atoms with E-state index in [0.717, 1.165) is 0 Å². The van der Waals surface area contributed by atoms with E-state index in [0.29, 0.717) is 33.2 Å². The van der Waals surface area contributed by atoms with Crippen molar-refractivity contribution < 1.29 is 9.59 Å². The van der Waals surface area contributed by atoms with Gasteiger partial charge in [0.1, 0.15) is 0 Å². The van der Waals surface area contributed by atoms with Crippen LogP contribution >= 0.6 is 11.6 Å². The Balaban J connectivity index is 1.95. The SMILES string of the molecule is Nc1cc(Cl)ccc1Nc1ccc2c(c1)C(=O)NC2=O. The van der Waals surface area contributed by atoms with E-state index in [1.807, 2.05) is 0 Å². The third-order valence-corrected chi connectivity index (χ3v) is 3.26. The van der Waals surface area contributed by atoms with Crippen LogP contribution in [0.3, 0.4) is 0 Å². The first-order chi connectivity index (χ1) is 9.54. The van der Waals surface area contributed by atoms with E-state index in [1.54, 1.807) is 36.4 Å². The largest absolute Gasteiger partial charge is 0.397 e. The van der Waals surface area contributed by atoms with Gasteiger partial charge in [0.15, 0.2) is 0 Å². The third kappa shape index (κ3) is 2.08. The molecule has 2 aromatic rings. The number of carbonyl (C=O) groups is 2. The summed E-state index contributed by atoms with van der Waals surface area (Å²) in [6, 6.07) is 10.0. The summed E-state index contributed by atoms with van der Waals surface area (Å²) < 4.78 is 0. The fraction of sp³-hybridized carbons (Fsp3) is 0. The lowest BCUT2D eigenvalue weighted by molar-refractivity contribution is 0.0879. The molecule has 5 nitrogen and oxygen atoms in total. The zero-order valence-corrected chi connectivity index (χ0v) is 11.0. The van der Waals surface area contributed by atoms with E-state index in [9.17, 15) is 9.59 Å². The molecule has 1 heterocycles. The van der Waals surface area contributed by atoms with Crippen LogP contribution < -0.4 is 16.4 Å². The molecular weight excluding hydrogens is 278 g/mol. The first kappa shape index (κ1) is 12.5. The predicted molar refractivity (Wildman–Crippen MR) is 77.4 cm³/mol. The topological polar surface area (TPSA) is 84.2 Å². The summed E-state index contributed by atoms with van der Waals surface area (Å²) in [5.74, 6) is -0.764. The quantitative estimate of drug-likeness (QED) is 0.585. The van der Waals surface area contributed by atoms with Gasteiger partial charge in [-0.3, -0.25) is 14.9 Å². The smallest absolute Gasteiger partial charge is 0.259 e. The first-order valence-corrected chi connectivity index (χ1v) is 6.24. The van der Waals surface area contributed by atoms with Gasteiger partial charge in [0.05, 0.1) is 22.5 Å². The Kier molecular flexibility index (Phi) is 2.84. The van der Waals surface area contributed by atoms with Crippen LogP contribution in [0.4, 0.5) is 17.1 Å². The minimum Gasteiger partial charge on any atom is -0.397 e. The summed E-state index contributed by atoms with van der Waals surface area (Å²) in [5.41, 5.74) is 8.43. The summed E-state index contributed by atoms with van der Waals surface area (Å²) in [6.07, 6.45) is 0. The van der Waals surface area contributed by atoms with Crippen molar-refractivity contribution in [2.24, 2.45) is 0 Å². The van der Waals surface area contributed by atoms with Gasteiger partial charge in [-0.1, -0.05) is 11.6 Å². The first-order valence-electron chi connectivity index (χ1n) is 5.86. The minimum absolute atomic E-state index is 0.354. The number of imide groups is 1. The van der Waals surface area contributed by atoms with Crippen LogP contribution in [0.1, 0.15) is 20.7 Å². The fourth-order valence-corrected chi connectivity index (χ4v) is 2.23. The van der Waals surface area contributed by atoms with Crippen LogP contribution in [0, 0.1) is 0 Å². The van der Waals surface area contributed by atoms with Gasteiger partial charge < -0.3 is 11.1 Å². The molecule has 0 unspecified atom stereocenters. The highest BCUT2D eigenvalue weighted by Crippen LogP contribution is 2.28. The molecule has 0 spiro atoms. The lowest BCUT2D eigenvalue weighted by atomic mass is 10.1. The summed E-state index contributed by atoms with van der Waals surface area (Å²) in [7, 11) is 0. The molecule has 3 rings (SSSR count). The molecule has 0 aliphatic carbocycles. The highest BCUT2D eigenvalue weighted by molar-refractivity contribution is 6.31. The second-order valence-electron chi connectivity index (χ2n) is 4.40. The molecule has 0 aromatic heterocycles. The average molecular weight is 288 g/mol. The number of nitrogens with one attached hydrogen (secondary N) is 2. The highest BCUT2D eigenvalue weighted by atomic mass is 35.5. The summed E-state index contributed by atoms with van der Waals surface area (Å²) in [4.78, 5) is 23.0. The van der Waals surface area contributed by atoms with Gasteiger partial charge >= 0.3 is 0 Å². The number of hydrogen-bond donors (Lipinski definition) is 3. The van der Waals surface area contributed by atoms with Crippen LogP contribution in [-0.2, 0) is 0 Å². The molecule has 1 aliphatic heterocycles. The van der Waals surface area contributed by atoms with Gasteiger partial charge in [0.2, 0.25) is 0 Å². The number of anilines is 3. The number of hydrogen-bond acceptors (Lipinski definition) is 4. The van der Waals surface area contributed by atoms with E-state index < -0.39 is 5.91 Å². The number of rotatable bonds is 2. The van der Waals surface area contributed by atoms with Gasteiger partial charge in [-0.25, -0.2) is 0 Å². The molecule has 0 fully saturated rings. The van der Waals surface area contributed by atoms with Crippen LogP contribution in [0.15, 0.2) is 36.4 Å². The second kappa shape index (κ2) is 4.54. The van der Waals surface area contributed by atoms with Gasteiger partial charge in [0.25, 0.3) is 11.8 Å². The van der Waals surface area contributed by atoms with Crippen LogP contribution in [0.2, 0.25) is 5.02 Å². The molecule has 2 amide bonds. The van der Waals surface area contributed by atoms with Crippen molar-refractivity contribution >= 4 is 40.5 Å². The van der Waals surface area contributed by atoms with E-state index >= 15 is 0 Å². The van der Waals surface area contributed by atoms with Gasteiger partial charge in [-0.15, -0.1) is 0 Å². The van der Waals surface area contributed by atoms with E-state index in [4.69, 9.17) is 17.3 Å². The van der Waals surface area contributed by atoms with Crippen molar-refractivity contribution in [1.29, 1.82) is 0 Å². The van der Waals surface area contributed by atoms with Crippen molar-refractivity contribution in [3.63, 3.8) is 0 Å². The average Bonchev–Trinajstić information content (AvgIpc) is 2.68. The summed E-state index contributed by atoms with van der Waals surface area (Å²) in [5, 5.41) is 5.88. The van der Waals surface area contributed by atoms with E-state index in [1.165, 1.54) is 0 Å². The Bertz CT molecular complexity index is 743. The molecule has 0 saturated heterocycles. The third-order valence-electron chi connectivity index (χ3n) is 3.03. The van der Waals surface area contributed by atoms with E-state index in [2.05, 4.69) is 10.6 Å². The second-order valence-corrected chi connectivity index (χ2v) is 4.84. The molecule has 0 radical (unpaired) electrons. The maximum atomic E-state index is 11.6. The zero-order valence-electron chi connectivity index (χ0n) is 10.2. The zero-order chi connectivity index (χ0) is 14.3. The Labute approximate surface area is 119 Å². The minimum atomic E-state index is -0.391. The molecule has 0 saturated carbocycles. The molecular formula is C14H10ClN3O2. The Hall–Kier alpha value is -2.53. The Morgan fingerprint density at radius 1 is 1.00 bits per heavy atom. The molecule has 1 aliphatic rings. The number of benzene rings is 2. The summed E-state index contributed by atoms with van der Waals surface area (Å²) in [6.45, 7) is 0. The molecule has 0 bridgehead atoms. The number of fused-ring (bicyclic) bond motifs is 1. The van der Waals surface area contributed by atoms with Crippen LogP contribution in [0.5, 0.6) is 0 Å². The number of nitrogen functional groups attached to an aromatic ring is 1. The molecule has 0 atom stereocenters. The van der Waals surface area contributed by atoms with Crippen molar-refractivity contribution in [3.8, 4) is 0 Å². The summed E-state index contributed by atoms with van der Waals surface area (Å²) >= 11 is 5.83. The van der Waals surface area contributed by atoms with Gasteiger partial charge in [0, 0.05) is 10.7 Å². The lowest BCUT2D eigenvalue weighted by Gasteiger charge is -2.10. The maximum absolute atomic E-state index is 11.6. The Morgan fingerprint density at radius 2 is 1.75 bits per heavy atom. The standard InChI is InChI=1S/C14H10ClN3O2/c15-7-1-4-12(11(16)5-7)17-8-2-3-9-10(6-8)14(20)18-13(9)19/h1-6,17H,16H2,(H,18,19,20). The van der Waals surface area contributed by atoms with Crippen LogP contribution in [-0.4, -0.2) is 11.8 Å². The lowest BCUT2D eigenvalue weighted by Crippen LogP contribution is -2.19. The van der Waals surface area contributed by atoms with Crippen molar-refractivity contribution in [1.82, 2.24) is 5.32 Å². The molecule has 4 N–H and O–H groups in total.